The monoisotopic (exact) mass is 388 g/mol. The third kappa shape index (κ3) is 3.41. The minimum atomic E-state index is -0.907. The van der Waals surface area contributed by atoms with Crippen molar-refractivity contribution in [3.8, 4) is 17.2 Å². The van der Waals surface area contributed by atoms with Gasteiger partial charge >= 0.3 is 5.97 Å². The lowest BCUT2D eigenvalue weighted by molar-refractivity contribution is -0.136. The maximum Gasteiger partial charge on any atom is 0.311 e. The van der Waals surface area contributed by atoms with Crippen molar-refractivity contribution >= 4 is 17.8 Å². The summed E-state index contributed by atoms with van der Waals surface area (Å²) in [6, 6.07) is 0. The van der Waals surface area contributed by atoms with E-state index in [1.54, 1.807) is 13.0 Å². The highest BCUT2D eigenvalue weighted by atomic mass is 16.5. The minimum Gasteiger partial charge on any atom is -0.506 e. The van der Waals surface area contributed by atoms with E-state index in [1.807, 2.05) is 26.8 Å². The van der Waals surface area contributed by atoms with E-state index in [1.165, 1.54) is 6.92 Å². The largest absolute Gasteiger partial charge is 0.506 e. The first-order valence-corrected chi connectivity index (χ1v) is 9.81. The SMILES string of the molecule is CCC[C@@H]1CC(=O)Oc2c(C(=O)[C@H](C)[C@@H](C)O)c(O)c3c(c21)OC(C)(C)C=C3. The van der Waals surface area contributed by atoms with Crippen molar-refractivity contribution in [1.82, 2.24) is 0 Å². The molecule has 6 heteroatoms. The van der Waals surface area contributed by atoms with Gasteiger partial charge in [-0.1, -0.05) is 20.3 Å². The second-order valence-corrected chi connectivity index (χ2v) is 8.31. The average molecular weight is 388 g/mol. The molecule has 0 aromatic heterocycles. The Balaban J connectivity index is 2.32. The van der Waals surface area contributed by atoms with Crippen LogP contribution in [0, 0.1) is 5.92 Å². The van der Waals surface area contributed by atoms with Crippen LogP contribution in [0.5, 0.6) is 17.2 Å². The third-order valence-corrected chi connectivity index (χ3v) is 5.53. The molecule has 0 amide bonds. The topological polar surface area (TPSA) is 93.1 Å². The predicted molar refractivity (Wildman–Crippen MR) is 105 cm³/mol. The molecule has 3 rings (SSSR count). The van der Waals surface area contributed by atoms with Crippen molar-refractivity contribution in [3.63, 3.8) is 0 Å². The number of hydrogen-bond donors (Lipinski definition) is 2. The predicted octanol–water partition coefficient (Wildman–Crippen LogP) is 3.97. The van der Waals surface area contributed by atoms with Crippen molar-refractivity contribution < 1.29 is 29.3 Å². The molecular weight excluding hydrogens is 360 g/mol. The van der Waals surface area contributed by atoms with Crippen LogP contribution in [0.1, 0.15) is 81.3 Å². The van der Waals surface area contributed by atoms with Crippen LogP contribution >= 0.6 is 0 Å². The van der Waals surface area contributed by atoms with Gasteiger partial charge in [0.15, 0.2) is 11.5 Å². The zero-order chi connectivity index (χ0) is 20.8. The summed E-state index contributed by atoms with van der Waals surface area (Å²) in [5.41, 5.74) is 0.430. The number of benzene rings is 1. The molecule has 3 atom stereocenters. The standard InChI is InChI=1S/C22H28O6/c1-6-7-13-10-15(24)27-21-16(13)20-14(8-9-22(4,5)28-20)19(26)17(21)18(25)11(2)12(3)23/h8-9,11-13,23,26H,6-7,10H2,1-5H3/t11-,12-,13-/m1/s1. The van der Waals surface area contributed by atoms with Gasteiger partial charge in [-0.15, -0.1) is 0 Å². The van der Waals surface area contributed by atoms with Crippen molar-refractivity contribution in [3.05, 3.63) is 22.8 Å². The number of ether oxygens (including phenoxy) is 2. The number of carbonyl (C=O) groups excluding carboxylic acids is 2. The lowest BCUT2D eigenvalue weighted by Gasteiger charge is -2.35. The summed E-state index contributed by atoms with van der Waals surface area (Å²) in [5, 5.41) is 20.8. The summed E-state index contributed by atoms with van der Waals surface area (Å²) in [4.78, 5) is 25.4. The summed E-state index contributed by atoms with van der Waals surface area (Å²) in [5.74, 6) is -1.55. The fraction of sp³-hybridized carbons (Fsp3) is 0.545. The number of Topliss-reactive ketones (excluding diaryl/α,β-unsaturated/α-hetero) is 1. The molecule has 0 spiro atoms. The van der Waals surface area contributed by atoms with Gasteiger partial charge in [0.05, 0.1) is 18.1 Å². The van der Waals surface area contributed by atoms with E-state index in [2.05, 4.69) is 0 Å². The number of esters is 1. The van der Waals surface area contributed by atoms with Gasteiger partial charge in [-0.25, -0.2) is 0 Å². The molecule has 2 N–H and O–H groups in total. The van der Waals surface area contributed by atoms with Crippen LogP contribution < -0.4 is 9.47 Å². The first kappa shape index (κ1) is 20.4. The Morgan fingerprint density at radius 3 is 2.61 bits per heavy atom. The van der Waals surface area contributed by atoms with E-state index < -0.39 is 29.4 Å². The van der Waals surface area contributed by atoms with Gasteiger partial charge in [0, 0.05) is 17.4 Å². The van der Waals surface area contributed by atoms with E-state index in [4.69, 9.17) is 9.47 Å². The Bertz CT molecular complexity index is 849. The molecule has 2 aliphatic rings. The molecule has 0 radical (unpaired) electrons. The van der Waals surface area contributed by atoms with Crippen molar-refractivity contribution in [2.24, 2.45) is 5.92 Å². The van der Waals surface area contributed by atoms with Gasteiger partial charge in [0.2, 0.25) is 0 Å². The molecule has 2 heterocycles. The Labute approximate surface area is 165 Å². The number of hydrogen-bond acceptors (Lipinski definition) is 6. The third-order valence-electron chi connectivity index (χ3n) is 5.53. The maximum atomic E-state index is 13.1. The Morgan fingerprint density at radius 1 is 1.32 bits per heavy atom. The molecule has 0 fully saturated rings. The molecule has 0 bridgehead atoms. The summed E-state index contributed by atoms with van der Waals surface area (Å²) in [6.45, 7) is 8.92. The maximum absolute atomic E-state index is 13.1. The fourth-order valence-electron chi connectivity index (χ4n) is 3.78. The molecular formula is C22H28O6. The number of fused-ring (bicyclic) bond motifs is 3. The van der Waals surface area contributed by atoms with Crippen LogP contribution in [0.4, 0.5) is 0 Å². The van der Waals surface area contributed by atoms with Gasteiger partial charge < -0.3 is 19.7 Å². The molecule has 1 aromatic carbocycles. The minimum absolute atomic E-state index is 0.0516. The van der Waals surface area contributed by atoms with Crippen LogP contribution in [0.3, 0.4) is 0 Å². The quantitative estimate of drug-likeness (QED) is 0.450. The van der Waals surface area contributed by atoms with Gasteiger partial charge in [-0.2, -0.15) is 0 Å². The van der Waals surface area contributed by atoms with Crippen molar-refractivity contribution in [2.75, 3.05) is 0 Å². The first-order chi connectivity index (χ1) is 13.1. The second-order valence-electron chi connectivity index (χ2n) is 8.31. The molecule has 0 saturated carbocycles. The smallest absolute Gasteiger partial charge is 0.311 e. The highest BCUT2D eigenvalue weighted by molar-refractivity contribution is 6.06. The van der Waals surface area contributed by atoms with E-state index in [0.717, 1.165) is 12.8 Å². The zero-order valence-corrected chi connectivity index (χ0v) is 17.0. The summed E-state index contributed by atoms with van der Waals surface area (Å²) in [6.07, 6.45) is 4.43. The first-order valence-electron chi connectivity index (χ1n) is 9.81. The molecule has 0 saturated heterocycles. The van der Waals surface area contributed by atoms with E-state index in [9.17, 15) is 19.8 Å². The second kappa shape index (κ2) is 7.24. The molecule has 152 valence electrons. The number of carbonyl (C=O) groups is 2. The summed E-state index contributed by atoms with van der Waals surface area (Å²) >= 11 is 0. The number of aromatic hydroxyl groups is 1. The number of ketones is 1. The van der Waals surface area contributed by atoms with Gasteiger partial charge in [0.25, 0.3) is 0 Å². The van der Waals surface area contributed by atoms with Gasteiger partial charge in [-0.05, 0) is 39.3 Å². The van der Waals surface area contributed by atoms with Crippen molar-refractivity contribution in [2.45, 2.75) is 71.5 Å². The van der Waals surface area contributed by atoms with Crippen LogP contribution in [0.15, 0.2) is 6.08 Å². The molecule has 28 heavy (non-hydrogen) atoms. The highest BCUT2D eigenvalue weighted by Crippen LogP contribution is 2.53. The van der Waals surface area contributed by atoms with Gasteiger partial charge in [-0.3, -0.25) is 9.59 Å². The molecule has 0 unspecified atom stereocenters. The highest BCUT2D eigenvalue weighted by Gasteiger charge is 2.41. The average Bonchev–Trinajstić information content (AvgIpc) is 2.59. The van der Waals surface area contributed by atoms with Crippen LogP contribution in [0.25, 0.3) is 6.08 Å². The molecule has 1 aromatic rings. The van der Waals surface area contributed by atoms with Crippen LogP contribution in [-0.2, 0) is 4.79 Å². The van der Waals surface area contributed by atoms with Crippen LogP contribution in [0.2, 0.25) is 0 Å². The zero-order valence-electron chi connectivity index (χ0n) is 17.0. The molecule has 0 aliphatic carbocycles. The van der Waals surface area contributed by atoms with Crippen molar-refractivity contribution in [1.29, 1.82) is 0 Å². The number of phenols is 1. The number of aliphatic hydroxyl groups excluding tert-OH is 1. The summed E-state index contributed by atoms with van der Waals surface area (Å²) in [7, 11) is 0. The molecule has 2 aliphatic heterocycles. The Hall–Kier alpha value is -2.34. The van der Waals surface area contributed by atoms with E-state index >= 15 is 0 Å². The number of phenolic OH excluding ortho intramolecular Hbond substituents is 1. The lowest BCUT2D eigenvalue weighted by Crippen LogP contribution is -2.32. The summed E-state index contributed by atoms with van der Waals surface area (Å²) < 4.78 is 11.7. The van der Waals surface area contributed by atoms with E-state index in [0.29, 0.717) is 16.9 Å². The fourth-order valence-corrected chi connectivity index (χ4v) is 3.78. The van der Waals surface area contributed by atoms with Gasteiger partial charge in [0.1, 0.15) is 22.7 Å². The Kier molecular flexibility index (Phi) is 5.28. The number of rotatable bonds is 5. The number of aliphatic hydroxyl groups is 1. The normalized spacial score (nSPS) is 21.8. The lowest BCUT2D eigenvalue weighted by atomic mass is 9.81. The molecule has 6 nitrogen and oxygen atoms in total. The Morgan fingerprint density at radius 2 is 2.00 bits per heavy atom. The van der Waals surface area contributed by atoms with Crippen LogP contribution in [-0.4, -0.2) is 33.7 Å². The van der Waals surface area contributed by atoms with E-state index in [-0.39, 0.29) is 29.4 Å².